The molecule has 1 aromatic carbocycles. The molecule has 25 nitrogen and oxygen atoms in total. The normalized spacial score (nSPS) is 53.9. The standard InChI is InChI=1S/C57H86O25/c1-23-10-13-57(73-21-23)24(2)38-33(82-57)15-28-26-14-30(61)29-16-32(31(62)17-56(29,4)27(26)11-12-55(28,38)3)75-52-46(70)43(67)47(36(20-60)78-52)79-54-49(81-53-45(69)42(66)39(63)34(18-58)76-53)48(41(65)35(19-59)77-54)80-51-44(68)40(64)37(22-72-51)74-50(71)25-8-6-5-7-9-25/h5-9,23-24,26-49,51-54,58-70H,10-22H2,1-4H3/t23-,24+,26?,27?,28?,29-,30-,31-,32-,33?,34-,35-,36-,37-,38?,39-,40+,41-,42+,43-,44-,45-,46-,47+,48+,49-,51+,52-,53+,54+,55+,56-,57-/m1/s1. The van der Waals surface area contributed by atoms with Crippen LogP contribution in [0, 0.1) is 52.3 Å². The zero-order valence-electron chi connectivity index (χ0n) is 46.6. The summed E-state index contributed by atoms with van der Waals surface area (Å²) >= 11 is 0. The van der Waals surface area contributed by atoms with Gasteiger partial charge >= 0.3 is 5.97 Å². The number of hydrogen-bond donors (Lipinski definition) is 13. The van der Waals surface area contributed by atoms with Crippen LogP contribution in [0.5, 0.6) is 0 Å². The summed E-state index contributed by atoms with van der Waals surface area (Å²) in [4.78, 5) is 12.9. The van der Waals surface area contributed by atoms with Crippen molar-refractivity contribution in [1.82, 2.24) is 0 Å². The molecule has 464 valence electrons. The number of aliphatic hydroxyl groups excluding tert-OH is 13. The molecule has 13 N–H and O–H groups in total. The molecule has 10 fully saturated rings. The fourth-order valence-electron chi connectivity index (χ4n) is 16.8. The number of carbonyl (C=O) groups is 1. The zero-order chi connectivity index (χ0) is 58.5. The lowest BCUT2D eigenvalue weighted by atomic mass is 9.43. The molecule has 6 heterocycles. The van der Waals surface area contributed by atoms with Crippen LogP contribution in [0.4, 0.5) is 0 Å². The minimum atomic E-state index is -2.07. The van der Waals surface area contributed by atoms with Crippen LogP contribution in [-0.2, 0) is 52.1 Å². The molecule has 4 saturated carbocycles. The van der Waals surface area contributed by atoms with E-state index in [-0.39, 0.29) is 53.6 Å². The van der Waals surface area contributed by atoms with Gasteiger partial charge in [0.2, 0.25) is 0 Å². The molecule has 33 atom stereocenters. The van der Waals surface area contributed by atoms with Crippen molar-refractivity contribution >= 4 is 5.97 Å². The summed E-state index contributed by atoms with van der Waals surface area (Å²) in [5, 5.41) is 146. The fraction of sp³-hybridized carbons (Fsp3) is 0.877. The number of rotatable bonds is 13. The molecular weight excluding hydrogens is 1080 g/mol. The molecule has 11 rings (SSSR count). The minimum Gasteiger partial charge on any atom is -0.453 e. The third-order valence-corrected chi connectivity index (χ3v) is 21.3. The van der Waals surface area contributed by atoms with Gasteiger partial charge in [-0.2, -0.15) is 0 Å². The highest BCUT2D eigenvalue weighted by molar-refractivity contribution is 5.89. The summed E-state index contributed by atoms with van der Waals surface area (Å²) in [5.74, 6) is 0.0658. The van der Waals surface area contributed by atoms with E-state index in [1.165, 1.54) is 12.1 Å². The van der Waals surface area contributed by atoms with Crippen molar-refractivity contribution in [2.24, 2.45) is 52.3 Å². The van der Waals surface area contributed by atoms with Crippen molar-refractivity contribution in [1.29, 1.82) is 0 Å². The van der Waals surface area contributed by atoms with Crippen LogP contribution in [0.1, 0.15) is 89.4 Å². The van der Waals surface area contributed by atoms with Crippen LogP contribution in [0.25, 0.3) is 0 Å². The van der Waals surface area contributed by atoms with Gasteiger partial charge in [0, 0.05) is 12.3 Å². The first-order chi connectivity index (χ1) is 39.1. The van der Waals surface area contributed by atoms with Gasteiger partial charge in [0.05, 0.1) is 63.0 Å². The SMILES string of the molecule is C[C@@H]1CC[C@@]2(OC1)OC1CC3C4C[C@@H](O)[C@H]5C[C@@H](O[C@@H]6O[C@H](CO)[C@H](O[C@@H]7O[C@H](CO)[C@@H](O)[C@H](O[C@@H]8OC[C@@H](OC(=O)c9ccccc9)[C@H](O)[C@H]8O)[C@H]7O[C@@H]7O[C@H](CO)[C@@H](O)[C@H](O)[C@H]7O)[C@H](O)[C@H]6O)[C@H](O)C[C@]5(C)C4CC[C@]3(C)C1[C@@H]2C. The predicted octanol–water partition coefficient (Wildman–Crippen LogP) is -2.46. The molecule has 6 aliphatic heterocycles. The molecule has 25 heteroatoms. The number of ether oxygens (including phenoxy) is 11. The Morgan fingerprint density at radius 1 is 0.573 bits per heavy atom. The summed E-state index contributed by atoms with van der Waals surface area (Å²) in [6, 6.07) is 7.81. The molecular formula is C57H86O25. The zero-order valence-corrected chi connectivity index (χ0v) is 46.6. The van der Waals surface area contributed by atoms with Crippen LogP contribution in [0.15, 0.2) is 30.3 Å². The number of benzene rings is 1. The molecule has 0 radical (unpaired) electrons. The average molecular weight is 1170 g/mol. The van der Waals surface area contributed by atoms with Crippen molar-refractivity contribution in [3.05, 3.63) is 35.9 Å². The Bertz CT molecular complexity index is 2310. The first kappa shape index (κ1) is 61.4. The molecule has 0 bridgehead atoms. The maximum atomic E-state index is 12.9. The Morgan fingerprint density at radius 3 is 1.90 bits per heavy atom. The predicted molar refractivity (Wildman–Crippen MR) is 275 cm³/mol. The number of aliphatic hydroxyl groups is 13. The molecule has 6 saturated heterocycles. The van der Waals surface area contributed by atoms with E-state index in [0.717, 1.165) is 32.1 Å². The quantitative estimate of drug-likeness (QED) is 0.0719. The lowest BCUT2D eigenvalue weighted by Gasteiger charge is -2.63. The van der Waals surface area contributed by atoms with E-state index in [4.69, 9.17) is 52.1 Å². The Labute approximate surface area is 475 Å². The maximum absolute atomic E-state index is 12.9. The molecule has 0 aromatic heterocycles. The van der Waals surface area contributed by atoms with Crippen molar-refractivity contribution < 1.29 is 123 Å². The van der Waals surface area contributed by atoms with E-state index in [1.54, 1.807) is 18.2 Å². The van der Waals surface area contributed by atoms with E-state index in [0.29, 0.717) is 30.8 Å². The molecule has 4 aliphatic carbocycles. The van der Waals surface area contributed by atoms with Gasteiger partial charge in [0.1, 0.15) is 85.5 Å². The summed E-state index contributed by atoms with van der Waals surface area (Å²) in [5.41, 5.74) is -0.343. The van der Waals surface area contributed by atoms with Gasteiger partial charge in [-0.25, -0.2) is 4.79 Å². The monoisotopic (exact) mass is 1170 g/mol. The van der Waals surface area contributed by atoms with E-state index < -0.39 is 179 Å². The van der Waals surface area contributed by atoms with Gasteiger partial charge in [-0.15, -0.1) is 0 Å². The fourth-order valence-corrected chi connectivity index (χ4v) is 16.8. The van der Waals surface area contributed by atoms with Gasteiger partial charge in [-0.3, -0.25) is 0 Å². The minimum absolute atomic E-state index is 0.00612. The summed E-state index contributed by atoms with van der Waals surface area (Å²) < 4.78 is 67.1. The highest BCUT2D eigenvalue weighted by atomic mass is 16.8. The van der Waals surface area contributed by atoms with Crippen LogP contribution in [0.2, 0.25) is 0 Å². The number of fused-ring (bicyclic) bond motifs is 7. The van der Waals surface area contributed by atoms with Gasteiger partial charge < -0.3 is 118 Å². The molecule has 1 aromatic rings. The van der Waals surface area contributed by atoms with Crippen LogP contribution in [-0.4, -0.2) is 252 Å². The molecule has 10 aliphatic rings. The lowest BCUT2D eigenvalue weighted by Crippen LogP contribution is -2.68. The molecule has 5 unspecified atom stereocenters. The second kappa shape index (κ2) is 24.0. The summed E-state index contributed by atoms with van der Waals surface area (Å²) in [6.45, 7) is 6.50. The highest BCUT2D eigenvalue weighted by Crippen LogP contribution is 2.71. The van der Waals surface area contributed by atoms with Crippen molar-refractivity contribution in [3.63, 3.8) is 0 Å². The summed E-state index contributed by atoms with van der Waals surface area (Å²) in [6.07, 6.45) is -31.9. The summed E-state index contributed by atoms with van der Waals surface area (Å²) in [7, 11) is 0. The first-order valence-corrected chi connectivity index (χ1v) is 29.5. The number of carbonyl (C=O) groups excluding carboxylic acids is 1. The van der Waals surface area contributed by atoms with Gasteiger partial charge in [0.15, 0.2) is 37.1 Å². The Hall–Kier alpha value is -2.23. The molecule has 0 amide bonds. The van der Waals surface area contributed by atoms with Gasteiger partial charge in [0.25, 0.3) is 0 Å². The third-order valence-electron chi connectivity index (χ3n) is 21.3. The average Bonchev–Trinajstić information content (AvgIpc) is 2.80. The number of esters is 1. The van der Waals surface area contributed by atoms with Gasteiger partial charge in [-0.1, -0.05) is 45.9 Å². The first-order valence-electron chi connectivity index (χ1n) is 29.5. The van der Waals surface area contributed by atoms with Gasteiger partial charge in [-0.05, 0) is 103 Å². The van der Waals surface area contributed by atoms with E-state index in [9.17, 15) is 71.2 Å². The van der Waals surface area contributed by atoms with E-state index >= 15 is 0 Å². The van der Waals surface area contributed by atoms with Crippen molar-refractivity contribution in [2.75, 3.05) is 33.0 Å². The Kier molecular flexibility index (Phi) is 18.0. The second-order valence-electron chi connectivity index (χ2n) is 25.9. The van der Waals surface area contributed by atoms with E-state index in [2.05, 4.69) is 27.7 Å². The third kappa shape index (κ3) is 10.7. The van der Waals surface area contributed by atoms with Crippen LogP contribution >= 0.6 is 0 Å². The Morgan fingerprint density at radius 2 is 1.21 bits per heavy atom. The lowest BCUT2D eigenvalue weighted by molar-refractivity contribution is -0.404. The Balaban J connectivity index is 0.780. The van der Waals surface area contributed by atoms with Crippen molar-refractivity contribution in [2.45, 2.75) is 226 Å². The molecule has 1 spiro atoms. The van der Waals surface area contributed by atoms with E-state index in [1.807, 2.05) is 0 Å². The van der Waals surface area contributed by atoms with Crippen LogP contribution in [0.3, 0.4) is 0 Å². The van der Waals surface area contributed by atoms with Crippen molar-refractivity contribution in [3.8, 4) is 0 Å². The highest BCUT2D eigenvalue weighted by Gasteiger charge is 2.70. The number of hydrogen-bond acceptors (Lipinski definition) is 25. The maximum Gasteiger partial charge on any atom is 0.338 e. The topological polar surface area (TPSA) is 382 Å². The largest absolute Gasteiger partial charge is 0.453 e. The van der Waals surface area contributed by atoms with Crippen LogP contribution < -0.4 is 0 Å². The smallest absolute Gasteiger partial charge is 0.338 e. The molecule has 82 heavy (non-hydrogen) atoms. The second-order valence-corrected chi connectivity index (χ2v) is 25.9.